The van der Waals surface area contributed by atoms with Gasteiger partial charge in [0.2, 0.25) is 0 Å². The van der Waals surface area contributed by atoms with E-state index in [1.807, 2.05) is 11.8 Å². The van der Waals surface area contributed by atoms with Crippen molar-refractivity contribution in [1.82, 2.24) is 10.3 Å². The van der Waals surface area contributed by atoms with Crippen molar-refractivity contribution >= 4 is 23.1 Å². The lowest BCUT2D eigenvalue weighted by atomic mass is 10.4. The Morgan fingerprint density at radius 1 is 1.60 bits per heavy atom. The molecule has 5 heteroatoms. The van der Waals surface area contributed by atoms with Crippen LogP contribution in [0.25, 0.3) is 0 Å². The Labute approximate surface area is 99.6 Å². The number of aromatic nitrogens is 1. The van der Waals surface area contributed by atoms with E-state index in [0.29, 0.717) is 6.61 Å². The fraction of sp³-hybridized carbons (Fsp3) is 0.700. The highest BCUT2D eigenvalue weighted by molar-refractivity contribution is 7.98. The maximum atomic E-state index is 5.02. The van der Waals surface area contributed by atoms with Gasteiger partial charge in [0, 0.05) is 19.0 Å². The van der Waals surface area contributed by atoms with Crippen LogP contribution in [0, 0.1) is 0 Å². The van der Waals surface area contributed by atoms with Gasteiger partial charge in [-0.1, -0.05) is 0 Å². The molecule has 1 rings (SSSR count). The molecule has 1 N–H and O–H groups in total. The van der Waals surface area contributed by atoms with Gasteiger partial charge in [0.05, 0.1) is 12.3 Å². The summed E-state index contributed by atoms with van der Waals surface area (Å²) in [7, 11) is 1.70. The van der Waals surface area contributed by atoms with Crippen LogP contribution in [0.3, 0.4) is 0 Å². The summed E-state index contributed by atoms with van der Waals surface area (Å²) >= 11 is 3.55. The van der Waals surface area contributed by atoms with Crippen LogP contribution >= 0.6 is 23.1 Å². The number of nitrogens with zero attached hydrogens (tertiary/aromatic N) is 1. The number of hydrogen-bond acceptors (Lipinski definition) is 5. The molecule has 0 fully saturated rings. The van der Waals surface area contributed by atoms with Crippen LogP contribution < -0.4 is 5.32 Å². The van der Waals surface area contributed by atoms with E-state index in [0.717, 1.165) is 23.8 Å². The average Bonchev–Trinajstić information content (AvgIpc) is 2.66. The molecular formula is C10H18N2OS2. The smallest absolute Gasteiger partial charge is 0.119 e. The second-order valence-electron chi connectivity index (χ2n) is 3.19. The van der Waals surface area contributed by atoms with Crippen LogP contribution in [-0.4, -0.2) is 30.6 Å². The van der Waals surface area contributed by atoms with Gasteiger partial charge in [0.1, 0.15) is 5.01 Å². The van der Waals surface area contributed by atoms with Gasteiger partial charge in [-0.05, 0) is 25.0 Å². The Balaban J connectivity index is 2.14. The third-order valence-electron chi connectivity index (χ3n) is 1.88. The van der Waals surface area contributed by atoms with E-state index in [-0.39, 0.29) is 0 Å². The predicted octanol–water partition coefficient (Wildman–Crippen LogP) is 2.13. The highest BCUT2D eigenvalue weighted by atomic mass is 32.2. The first-order chi connectivity index (χ1) is 7.36. The van der Waals surface area contributed by atoms with Crippen LogP contribution in [0.4, 0.5) is 0 Å². The van der Waals surface area contributed by atoms with E-state index in [1.54, 1.807) is 18.4 Å². The number of hydrogen-bond donors (Lipinski definition) is 1. The molecule has 0 aromatic carbocycles. The zero-order valence-electron chi connectivity index (χ0n) is 9.28. The molecule has 0 aliphatic carbocycles. The third kappa shape index (κ3) is 5.51. The molecule has 0 bridgehead atoms. The Morgan fingerprint density at radius 2 is 2.47 bits per heavy atom. The van der Waals surface area contributed by atoms with Gasteiger partial charge in [0.15, 0.2) is 0 Å². The fourth-order valence-corrected chi connectivity index (χ4v) is 2.37. The monoisotopic (exact) mass is 246 g/mol. The number of rotatable bonds is 8. The quantitative estimate of drug-likeness (QED) is 0.713. The summed E-state index contributed by atoms with van der Waals surface area (Å²) in [6, 6.07) is 0. The molecule has 86 valence electrons. The summed E-state index contributed by atoms with van der Waals surface area (Å²) in [6.45, 7) is 2.56. The van der Waals surface area contributed by atoms with E-state index in [9.17, 15) is 0 Å². The fourth-order valence-electron chi connectivity index (χ4n) is 1.18. The normalized spacial score (nSPS) is 10.8. The van der Waals surface area contributed by atoms with Crippen molar-refractivity contribution in [1.29, 1.82) is 0 Å². The van der Waals surface area contributed by atoms with Gasteiger partial charge in [-0.25, -0.2) is 4.98 Å². The minimum atomic E-state index is 0.622. The summed E-state index contributed by atoms with van der Waals surface area (Å²) in [4.78, 5) is 4.44. The van der Waals surface area contributed by atoms with Crippen molar-refractivity contribution in [2.24, 2.45) is 0 Å². The van der Waals surface area contributed by atoms with Gasteiger partial charge >= 0.3 is 0 Å². The molecule has 0 saturated heterocycles. The van der Waals surface area contributed by atoms with Crippen molar-refractivity contribution < 1.29 is 4.74 Å². The first-order valence-corrected chi connectivity index (χ1v) is 7.26. The van der Waals surface area contributed by atoms with Gasteiger partial charge in [-0.2, -0.15) is 11.8 Å². The van der Waals surface area contributed by atoms with Crippen LogP contribution in [0.2, 0.25) is 0 Å². The van der Waals surface area contributed by atoms with Crippen LogP contribution in [0.15, 0.2) is 5.38 Å². The lowest BCUT2D eigenvalue weighted by Crippen LogP contribution is -2.15. The molecule has 0 atom stereocenters. The molecule has 1 heterocycles. The average molecular weight is 246 g/mol. The van der Waals surface area contributed by atoms with Crippen LogP contribution in [0.1, 0.15) is 17.1 Å². The van der Waals surface area contributed by atoms with Gasteiger partial charge in [0.25, 0.3) is 0 Å². The van der Waals surface area contributed by atoms with E-state index in [4.69, 9.17) is 4.74 Å². The highest BCUT2D eigenvalue weighted by Gasteiger charge is 2.00. The zero-order valence-corrected chi connectivity index (χ0v) is 10.9. The second kappa shape index (κ2) is 8.10. The molecule has 0 aliphatic rings. The summed E-state index contributed by atoms with van der Waals surface area (Å²) in [5.41, 5.74) is 1.12. The Morgan fingerprint density at radius 3 is 3.20 bits per heavy atom. The molecule has 3 nitrogen and oxygen atoms in total. The van der Waals surface area contributed by atoms with E-state index in [2.05, 4.69) is 21.9 Å². The van der Waals surface area contributed by atoms with Crippen molar-refractivity contribution in [3.8, 4) is 0 Å². The Bertz CT molecular complexity index is 266. The third-order valence-corrected chi connectivity index (χ3v) is 3.44. The minimum Gasteiger partial charge on any atom is -0.378 e. The summed E-state index contributed by atoms with van der Waals surface area (Å²) in [5.74, 6) is 1.22. The van der Waals surface area contributed by atoms with Crippen molar-refractivity contribution in [3.05, 3.63) is 16.1 Å². The number of thiazole rings is 1. The van der Waals surface area contributed by atoms with Crippen molar-refractivity contribution in [2.75, 3.05) is 25.7 Å². The molecule has 0 amide bonds. The van der Waals surface area contributed by atoms with Gasteiger partial charge in [-0.15, -0.1) is 11.3 Å². The summed E-state index contributed by atoms with van der Waals surface area (Å²) < 4.78 is 5.02. The largest absolute Gasteiger partial charge is 0.378 e. The molecular weight excluding hydrogens is 228 g/mol. The summed E-state index contributed by atoms with van der Waals surface area (Å²) in [6.07, 6.45) is 3.35. The standard InChI is InChI=1S/C10H18N2OS2/c1-13-7-10-12-9(8-15-10)6-11-4-3-5-14-2/h8,11H,3-7H2,1-2H3. The van der Waals surface area contributed by atoms with E-state index < -0.39 is 0 Å². The second-order valence-corrected chi connectivity index (χ2v) is 5.12. The van der Waals surface area contributed by atoms with Crippen LogP contribution in [-0.2, 0) is 17.9 Å². The first kappa shape index (κ1) is 13.0. The lowest BCUT2D eigenvalue weighted by Gasteiger charge is -2.00. The molecule has 0 spiro atoms. The van der Waals surface area contributed by atoms with Gasteiger partial charge in [-0.3, -0.25) is 0 Å². The number of ether oxygens (including phenoxy) is 1. The van der Waals surface area contributed by atoms with E-state index in [1.165, 1.54) is 12.2 Å². The van der Waals surface area contributed by atoms with Crippen molar-refractivity contribution in [2.45, 2.75) is 19.6 Å². The summed E-state index contributed by atoms with van der Waals surface area (Å²) in [5, 5.41) is 6.53. The molecule has 1 aromatic rings. The first-order valence-electron chi connectivity index (χ1n) is 4.98. The SMILES string of the molecule is COCc1nc(CNCCCSC)cs1. The van der Waals surface area contributed by atoms with Crippen molar-refractivity contribution in [3.63, 3.8) is 0 Å². The van der Waals surface area contributed by atoms with E-state index >= 15 is 0 Å². The molecule has 15 heavy (non-hydrogen) atoms. The maximum Gasteiger partial charge on any atom is 0.119 e. The Hall–Kier alpha value is -0.100. The Kier molecular flexibility index (Phi) is 7.00. The highest BCUT2D eigenvalue weighted by Crippen LogP contribution is 2.10. The van der Waals surface area contributed by atoms with Gasteiger partial charge < -0.3 is 10.1 Å². The predicted molar refractivity (Wildman–Crippen MR) is 67.5 cm³/mol. The number of methoxy groups -OCH3 is 1. The number of nitrogens with one attached hydrogen (secondary N) is 1. The number of thioether (sulfide) groups is 1. The maximum absolute atomic E-state index is 5.02. The lowest BCUT2D eigenvalue weighted by molar-refractivity contribution is 0.184. The topological polar surface area (TPSA) is 34.1 Å². The molecule has 0 aliphatic heterocycles. The zero-order chi connectivity index (χ0) is 10.9. The molecule has 0 radical (unpaired) electrons. The minimum absolute atomic E-state index is 0.622. The molecule has 0 unspecified atom stereocenters. The molecule has 1 aromatic heterocycles. The van der Waals surface area contributed by atoms with Crippen LogP contribution in [0.5, 0.6) is 0 Å². The molecule has 0 saturated carbocycles.